The first-order valence-corrected chi connectivity index (χ1v) is 9.59. The number of benzene rings is 2. The number of imidazole rings is 1. The molecule has 28 heavy (non-hydrogen) atoms. The molecule has 2 N–H and O–H groups in total. The average Bonchev–Trinajstić information content (AvgIpc) is 3.36. The van der Waals surface area contributed by atoms with Crippen LogP contribution < -0.4 is 5.32 Å². The van der Waals surface area contributed by atoms with Crippen LogP contribution in [-0.4, -0.2) is 26.3 Å². The van der Waals surface area contributed by atoms with Gasteiger partial charge in [0.25, 0.3) is 0 Å². The molecule has 2 aromatic heterocycles. The van der Waals surface area contributed by atoms with E-state index in [1.807, 2.05) is 10.9 Å². The van der Waals surface area contributed by atoms with Crippen molar-refractivity contribution in [1.82, 2.24) is 25.1 Å². The molecular formula is C23H25N5. The molecule has 5 heteroatoms. The third-order valence-electron chi connectivity index (χ3n) is 4.82. The molecule has 0 saturated carbocycles. The van der Waals surface area contributed by atoms with E-state index in [1.54, 1.807) is 6.33 Å². The second-order valence-corrected chi connectivity index (χ2v) is 7.16. The lowest BCUT2D eigenvalue weighted by Crippen LogP contribution is -2.17. The van der Waals surface area contributed by atoms with Crippen LogP contribution in [0.2, 0.25) is 0 Å². The maximum absolute atomic E-state index is 4.91. The van der Waals surface area contributed by atoms with Crippen molar-refractivity contribution in [3.05, 3.63) is 89.6 Å². The Morgan fingerprint density at radius 3 is 2.64 bits per heavy atom. The lowest BCUT2D eigenvalue weighted by atomic mass is 10.1. The molecule has 0 aliphatic heterocycles. The van der Waals surface area contributed by atoms with Crippen LogP contribution in [0.25, 0.3) is 16.9 Å². The van der Waals surface area contributed by atoms with Gasteiger partial charge in [-0.3, -0.25) is 0 Å². The molecule has 2 heterocycles. The first kappa shape index (κ1) is 18.2. The fourth-order valence-electron chi connectivity index (χ4n) is 3.27. The summed E-state index contributed by atoms with van der Waals surface area (Å²) in [5.41, 5.74) is 8.06. The number of aromatic nitrogens is 4. The summed E-state index contributed by atoms with van der Waals surface area (Å²) in [4.78, 5) is 7.21. The maximum Gasteiger partial charge on any atom is 0.0972 e. The molecule has 5 nitrogen and oxygen atoms in total. The number of rotatable bonds is 7. The van der Waals surface area contributed by atoms with Gasteiger partial charge in [-0.05, 0) is 32.0 Å². The number of hydrogen-bond donors (Lipinski definition) is 2. The fraction of sp³-hybridized carbons (Fsp3) is 0.217. The highest BCUT2D eigenvalue weighted by Gasteiger charge is 2.12. The summed E-state index contributed by atoms with van der Waals surface area (Å²) in [5.74, 6) is 0. The fourth-order valence-corrected chi connectivity index (χ4v) is 3.27. The predicted molar refractivity (Wildman–Crippen MR) is 112 cm³/mol. The van der Waals surface area contributed by atoms with Crippen LogP contribution in [0, 0.1) is 13.8 Å². The smallest absolute Gasteiger partial charge is 0.0972 e. The van der Waals surface area contributed by atoms with Crippen molar-refractivity contribution in [2.45, 2.75) is 26.8 Å². The van der Waals surface area contributed by atoms with Crippen LogP contribution >= 0.6 is 0 Å². The number of aromatic amines is 1. The Hall–Kier alpha value is -3.18. The van der Waals surface area contributed by atoms with Gasteiger partial charge >= 0.3 is 0 Å². The molecule has 142 valence electrons. The van der Waals surface area contributed by atoms with E-state index >= 15 is 0 Å². The number of nitrogens with zero attached hydrogens (tertiary/aromatic N) is 3. The van der Waals surface area contributed by atoms with Crippen molar-refractivity contribution >= 4 is 0 Å². The van der Waals surface area contributed by atoms with E-state index in [4.69, 9.17) is 5.10 Å². The van der Waals surface area contributed by atoms with Crippen LogP contribution in [0.15, 0.2) is 67.3 Å². The van der Waals surface area contributed by atoms with E-state index in [0.717, 1.165) is 42.1 Å². The van der Waals surface area contributed by atoms with E-state index in [9.17, 15) is 0 Å². The first-order valence-electron chi connectivity index (χ1n) is 9.59. The summed E-state index contributed by atoms with van der Waals surface area (Å²) >= 11 is 0. The third-order valence-corrected chi connectivity index (χ3v) is 4.82. The van der Waals surface area contributed by atoms with Gasteiger partial charge in [0.15, 0.2) is 0 Å². The highest BCUT2D eigenvalue weighted by molar-refractivity contribution is 5.64. The predicted octanol–water partition coefficient (Wildman–Crippen LogP) is 4.21. The number of nitrogens with one attached hydrogen (secondary N) is 2. The minimum absolute atomic E-state index is 0.767. The largest absolute Gasteiger partial charge is 0.348 e. The molecule has 0 radical (unpaired) electrons. The van der Waals surface area contributed by atoms with Gasteiger partial charge in [0, 0.05) is 48.7 Å². The molecule has 0 aliphatic carbocycles. The van der Waals surface area contributed by atoms with Gasteiger partial charge in [-0.2, -0.15) is 5.10 Å². The number of aryl methyl sites for hydroxylation is 2. The zero-order chi connectivity index (χ0) is 19.3. The third kappa shape index (κ3) is 4.21. The summed E-state index contributed by atoms with van der Waals surface area (Å²) < 4.78 is 1.98. The summed E-state index contributed by atoms with van der Waals surface area (Å²) in [7, 11) is 0. The Kier molecular flexibility index (Phi) is 5.35. The van der Waals surface area contributed by atoms with Crippen LogP contribution in [0.5, 0.6) is 0 Å². The maximum atomic E-state index is 4.91. The second kappa shape index (κ2) is 8.23. The van der Waals surface area contributed by atoms with Crippen molar-refractivity contribution in [3.63, 3.8) is 0 Å². The lowest BCUT2D eigenvalue weighted by molar-refractivity contribution is 0.682. The van der Waals surface area contributed by atoms with Crippen LogP contribution in [-0.2, 0) is 13.0 Å². The van der Waals surface area contributed by atoms with E-state index in [0.29, 0.717) is 0 Å². The summed E-state index contributed by atoms with van der Waals surface area (Å²) in [5, 5.41) is 8.45. The van der Waals surface area contributed by atoms with Gasteiger partial charge in [-0.15, -0.1) is 0 Å². The highest BCUT2D eigenvalue weighted by Crippen LogP contribution is 2.24. The lowest BCUT2D eigenvalue weighted by Gasteiger charge is -2.05. The second-order valence-electron chi connectivity index (χ2n) is 7.16. The Morgan fingerprint density at radius 1 is 1.04 bits per heavy atom. The normalized spacial score (nSPS) is 11.1. The van der Waals surface area contributed by atoms with Gasteiger partial charge in [0.1, 0.15) is 0 Å². The topological polar surface area (TPSA) is 58.5 Å². The van der Waals surface area contributed by atoms with Crippen molar-refractivity contribution in [2.75, 3.05) is 6.54 Å². The monoisotopic (exact) mass is 371 g/mol. The average molecular weight is 371 g/mol. The molecular weight excluding hydrogens is 346 g/mol. The Balaban J connectivity index is 1.58. The molecule has 0 amide bonds. The Labute approximate surface area is 165 Å². The molecule has 0 spiro atoms. The van der Waals surface area contributed by atoms with E-state index in [1.165, 1.54) is 16.7 Å². The molecule has 0 fully saturated rings. The standard InChI is InChI=1S/C23H25N5/c1-17-6-8-22(9-7-17)28-15-20(13-24-11-10-21-14-25-16-26-21)23(27-28)19-5-3-4-18(2)12-19/h3-9,12,14-16,24H,10-11,13H2,1-2H3,(H,25,26). The molecule has 4 aromatic rings. The van der Waals surface area contributed by atoms with Gasteiger partial charge in [-0.25, -0.2) is 9.67 Å². The summed E-state index contributed by atoms with van der Waals surface area (Å²) in [6.45, 7) is 5.86. The van der Waals surface area contributed by atoms with Crippen molar-refractivity contribution in [2.24, 2.45) is 0 Å². The van der Waals surface area contributed by atoms with Crippen LogP contribution in [0.3, 0.4) is 0 Å². The zero-order valence-electron chi connectivity index (χ0n) is 16.3. The molecule has 0 unspecified atom stereocenters. The van der Waals surface area contributed by atoms with Gasteiger partial charge in [0.2, 0.25) is 0 Å². The SMILES string of the molecule is Cc1ccc(-n2cc(CNCCc3cnc[nH]3)c(-c3cccc(C)c3)n2)cc1. The summed E-state index contributed by atoms with van der Waals surface area (Å²) in [6, 6.07) is 17.0. The first-order chi connectivity index (χ1) is 13.7. The molecule has 0 bridgehead atoms. The van der Waals surface area contributed by atoms with E-state index in [2.05, 4.69) is 83.9 Å². The van der Waals surface area contributed by atoms with E-state index < -0.39 is 0 Å². The molecule has 4 rings (SSSR count). The minimum Gasteiger partial charge on any atom is -0.348 e. The summed E-state index contributed by atoms with van der Waals surface area (Å²) in [6.07, 6.45) is 6.64. The van der Waals surface area contributed by atoms with Crippen molar-refractivity contribution < 1.29 is 0 Å². The molecule has 0 saturated heterocycles. The van der Waals surface area contributed by atoms with Gasteiger partial charge in [-0.1, -0.05) is 41.5 Å². The van der Waals surface area contributed by atoms with Gasteiger partial charge < -0.3 is 10.3 Å². The van der Waals surface area contributed by atoms with Crippen molar-refractivity contribution in [1.29, 1.82) is 0 Å². The Bertz CT molecular complexity index is 1030. The zero-order valence-corrected chi connectivity index (χ0v) is 16.3. The minimum atomic E-state index is 0.767. The number of hydrogen-bond acceptors (Lipinski definition) is 3. The molecule has 0 aliphatic rings. The van der Waals surface area contributed by atoms with E-state index in [-0.39, 0.29) is 0 Å². The Morgan fingerprint density at radius 2 is 1.89 bits per heavy atom. The molecule has 2 aromatic carbocycles. The van der Waals surface area contributed by atoms with Crippen LogP contribution in [0.4, 0.5) is 0 Å². The number of H-pyrrole nitrogens is 1. The van der Waals surface area contributed by atoms with Crippen LogP contribution in [0.1, 0.15) is 22.4 Å². The molecule has 0 atom stereocenters. The van der Waals surface area contributed by atoms with Gasteiger partial charge in [0.05, 0.1) is 17.7 Å². The van der Waals surface area contributed by atoms with Crippen molar-refractivity contribution in [3.8, 4) is 16.9 Å². The quantitative estimate of drug-likeness (QED) is 0.479. The highest BCUT2D eigenvalue weighted by atomic mass is 15.3.